The number of carbonyl (C=O) groups excluding carboxylic acids is 2. The summed E-state index contributed by atoms with van der Waals surface area (Å²) in [5.41, 5.74) is 0. The second kappa shape index (κ2) is 11.0. The number of carboxylic acids is 1. The summed E-state index contributed by atoms with van der Waals surface area (Å²) < 4.78 is 9.89. The zero-order valence-corrected chi connectivity index (χ0v) is 12.0. The van der Waals surface area contributed by atoms with E-state index in [0.717, 1.165) is 25.3 Å². The van der Waals surface area contributed by atoms with Crippen molar-refractivity contribution < 1.29 is 29.0 Å². The van der Waals surface area contributed by atoms with Crippen LogP contribution >= 0.6 is 0 Å². The van der Waals surface area contributed by atoms with E-state index in [4.69, 9.17) is 14.6 Å². The normalized spacial score (nSPS) is 12.1. The fourth-order valence-electron chi connectivity index (χ4n) is 1.62. The first kappa shape index (κ1) is 18.1. The van der Waals surface area contributed by atoms with Gasteiger partial charge in [-0.05, 0) is 25.7 Å². The van der Waals surface area contributed by atoms with Crippen LogP contribution in [0.15, 0.2) is 12.2 Å². The van der Waals surface area contributed by atoms with E-state index in [1.807, 2.05) is 0 Å². The highest BCUT2D eigenvalue weighted by molar-refractivity contribution is 5.79. The topological polar surface area (TPSA) is 89.9 Å². The lowest BCUT2D eigenvalue weighted by Crippen LogP contribution is -2.23. The minimum atomic E-state index is -0.943. The number of aliphatic carboxylic acids is 1. The first-order valence-corrected chi connectivity index (χ1v) is 6.62. The molecule has 6 heteroatoms. The number of carboxylic acid groups (broad SMARTS) is 1. The van der Waals surface area contributed by atoms with Gasteiger partial charge in [0.05, 0.1) is 0 Å². The average molecular weight is 286 g/mol. The Morgan fingerprint density at radius 3 is 2.35 bits per heavy atom. The molecule has 0 aromatic carbocycles. The smallest absolute Gasteiger partial charge is 0.327 e. The molecule has 0 bridgehead atoms. The molecule has 0 saturated carbocycles. The molecule has 0 saturated heterocycles. The molecule has 0 fully saturated rings. The van der Waals surface area contributed by atoms with E-state index >= 15 is 0 Å². The number of unbranched alkanes of at least 4 members (excludes halogenated alkanes) is 3. The van der Waals surface area contributed by atoms with E-state index < -0.39 is 24.0 Å². The van der Waals surface area contributed by atoms with Gasteiger partial charge in [0.25, 0.3) is 0 Å². The van der Waals surface area contributed by atoms with Crippen LogP contribution in [-0.2, 0) is 23.9 Å². The molecule has 1 N–H and O–H groups in total. The fourth-order valence-corrected chi connectivity index (χ4v) is 1.62. The molecule has 0 aromatic rings. The number of carbonyl (C=O) groups is 3. The maximum atomic E-state index is 10.9. The average Bonchev–Trinajstić information content (AvgIpc) is 2.33. The van der Waals surface area contributed by atoms with Crippen molar-refractivity contribution in [3.05, 3.63) is 12.2 Å². The summed E-state index contributed by atoms with van der Waals surface area (Å²) >= 11 is 0. The Hall–Kier alpha value is -1.85. The third-order valence-electron chi connectivity index (χ3n) is 2.46. The predicted molar refractivity (Wildman–Crippen MR) is 72.0 cm³/mol. The van der Waals surface area contributed by atoms with E-state index in [1.165, 1.54) is 13.8 Å². The summed E-state index contributed by atoms with van der Waals surface area (Å²) in [4.78, 5) is 31.9. The molecule has 0 radical (unpaired) electrons. The van der Waals surface area contributed by atoms with Crippen molar-refractivity contribution in [1.82, 2.24) is 0 Å². The number of ether oxygens (including phenoxy) is 2. The Balaban J connectivity index is 3.80. The zero-order chi connectivity index (χ0) is 15.4. The maximum Gasteiger partial charge on any atom is 0.327 e. The number of rotatable bonds is 10. The quantitative estimate of drug-likeness (QED) is 0.375. The maximum absolute atomic E-state index is 10.9. The Morgan fingerprint density at radius 2 is 1.80 bits per heavy atom. The van der Waals surface area contributed by atoms with Gasteiger partial charge in [0.2, 0.25) is 0 Å². The van der Waals surface area contributed by atoms with Crippen molar-refractivity contribution in [3.8, 4) is 0 Å². The van der Waals surface area contributed by atoms with Crippen LogP contribution in [0.25, 0.3) is 0 Å². The van der Waals surface area contributed by atoms with Crippen molar-refractivity contribution in [2.75, 3.05) is 6.61 Å². The predicted octanol–water partition coefficient (Wildman–Crippen LogP) is 2.07. The van der Waals surface area contributed by atoms with Crippen molar-refractivity contribution in [2.24, 2.45) is 0 Å². The Kier molecular flexibility index (Phi) is 10.00. The molecule has 0 spiro atoms. The van der Waals surface area contributed by atoms with Crippen LogP contribution in [0.1, 0.15) is 46.0 Å². The van der Waals surface area contributed by atoms with Gasteiger partial charge in [-0.25, -0.2) is 4.79 Å². The summed E-state index contributed by atoms with van der Waals surface area (Å²) in [6.45, 7) is 2.70. The minimum Gasteiger partial charge on any atom is -0.478 e. The van der Waals surface area contributed by atoms with Gasteiger partial charge in [-0.15, -0.1) is 0 Å². The van der Waals surface area contributed by atoms with Crippen molar-refractivity contribution in [1.29, 1.82) is 0 Å². The molecule has 0 unspecified atom stereocenters. The van der Waals surface area contributed by atoms with Crippen molar-refractivity contribution in [3.63, 3.8) is 0 Å². The molecule has 20 heavy (non-hydrogen) atoms. The number of hydrogen-bond donors (Lipinski definition) is 1. The van der Waals surface area contributed by atoms with Crippen LogP contribution in [0.3, 0.4) is 0 Å². The highest BCUT2D eigenvalue weighted by atomic mass is 16.6. The molecular formula is C14H22O6. The van der Waals surface area contributed by atoms with Gasteiger partial charge >= 0.3 is 17.9 Å². The summed E-state index contributed by atoms with van der Waals surface area (Å²) in [5.74, 6) is -1.74. The third-order valence-corrected chi connectivity index (χ3v) is 2.46. The molecule has 0 rings (SSSR count). The molecular weight excluding hydrogens is 264 g/mol. The fraction of sp³-hybridized carbons (Fsp3) is 0.643. The van der Waals surface area contributed by atoms with Crippen molar-refractivity contribution >= 4 is 17.9 Å². The molecule has 0 aliphatic rings. The first-order chi connectivity index (χ1) is 9.41. The highest BCUT2D eigenvalue weighted by Crippen LogP contribution is 2.10. The van der Waals surface area contributed by atoms with Gasteiger partial charge in [-0.1, -0.05) is 12.5 Å². The molecule has 0 amide bonds. The summed E-state index contributed by atoms with van der Waals surface area (Å²) in [7, 11) is 0. The van der Waals surface area contributed by atoms with Crippen LogP contribution in [-0.4, -0.2) is 35.7 Å². The summed E-state index contributed by atoms with van der Waals surface area (Å²) in [5, 5.41) is 8.40. The number of esters is 2. The lowest BCUT2D eigenvalue weighted by molar-refractivity contribution is -0.156. The van der Waals surface area contributed by atoms with Crippen LogP contribution in [0.2, 0.25) is 0 Å². The second-order valence-electron chi connectivity index (χ2n) is 4.41. The lowest BCUT2D eigenvalue weighted by Gasteiger charge is -2.16. The van der Waals surface area contributed by atoms with Gasteiger partial charge in [0.15, 0.2) is 0 Å². The van der Waals surface area contributed by atoms with Gasteiger partial charge in [-0.3, -0.25) is 9.59 Å². The Morgan fingerprint density at radius 1 is 1.10 bits per heavy atom. The van der Waals surface area contributed by atoms with Crippen LogP contribution in [0, 0.1) is 0 Å². The van der Waals surface area contributed by atoms with E-state index in [0.29, 0.717) is 12.8 Å². The van der Waals surface area contributed by atoms with Gasteiger partial charge in [-0.2, -0.15) is 0 Å². The zero-order valence-electron chi connectivity index (χ0n) is 12.0. The van der Waals surface area contributed by atoms with E-state index in [1.54, 1.807) is 6.08 Å². The van der Waals surface area contributed by atoms with Crippen LogP contribution in [0.4, 0.5) is 0 Å². The molecule has 114 valence electrons. The molecule has 0 aromatic heterocycles. The molecule has 6 nitrogen and oxygen atoms in total. The highest BCUT2D eigenvalue weighted by Gasteiger charge is 2.13. The second-order valence-corrected chi connectivity index (χ2v) is 4.41. The first-order valence-electron chi connectivity index (χ1n) is 6.62. The number of allylic oxidation sites excluding steroid dienone is 1. The number of hydrogen-bond acceptors (Lipinski definition) is 5. The van der Waals surface area contributed by atoms with Gasteiger partial charge in [0.1, 0.15) is 12.7 Å². The van der Waals surface area contributed by atoms with Gasteiger partial charge < -0.3 is 14.6 Å². The monoisotopic (exact) mass is 286 g/mol. The Labute approximate surface area is 118 Å². The third kappa shape index (κ3) is 12.6. The van der Waals surface area contributed by atoms with Crippen molar-refractivity contribution in [2.45, 2.75) is 52.1 Å². The lowest BCUT2D eigenvalue weighted by atomic mass is 10.1. The molecule has 0 aliphatic heterocycles. The molecule has 0 heterocycles. The van der Waals surface area contributed by atoms with Crippen LogP contribution in [0.5, 0.6) is 0 Å². The summed E-state index contributed by atoms with van der Waals surface area (Å²) in [6, 6.07) is 0. The van der Waals surface area contributed by atoms with Gasteiger partial charge in [0, 0.05) is 19.9 Å². The Bertz CT molecular complexity index is 348. The standard InChI is InChI=1S/C14H22O6/c1-11(15)19-10-13(20-12(2)16)8-6-4-3-5-7-9-14(17)18/h7,9,13H,3-6,8,10H2,1-2H3,(H,17,18)/b9-7+/t13-/m1/s1. The SMILES string of the molecule is CC(=O)OC[C@@H](CCCCC/C=C/C(=O)O)OC(C)=O. The van der Waals surface area contributed by atoms with E-state index in [-0.39, 0.29) is 6.61 Å². The van der Waals surface area contributed by atoms with E-state index in [9.17, 15) is 14.4 Å². The molecule has 0 aliphatic carbocycles. The molecule has 1 atom stereocenters. The van der Waals surface area contributed by atoms with E-state index in [2.05, 4.69) is 0 Å². The summed E-state index contributed by atoms with van der Waals surface area (Å²) in [6.07, 6.45) is 6.23. The van der Waals surface area contributed by atoms with Crippen LogP contribution < -0.4 is 0 Å². The largest absolute Gasteiger partial charge is 0.478 e. The minimum absolute atomic E-state index is 0.0772.